The number of hydrogen-bond donors (Lipinski definition) is 0. The van der Waals surface area contributed by atoms with E-state index in [2.05, 4.69) is 11.1 Å². The summed E-state index contributed by atoms with van der Waals surface area (Å²) >= 11 is 0. The van der Waals surface area contributed by atoms with E-state index in [1.54, 1.807) is 18.3 Å². The summed E-state index contributed by atoms with van der Waals surface area (Å²) in [5, 5.41) is 9.18. The van der Waals surface area contributed by atoms with Crippen molar-refractivity contribution in [2.24, 2.45) is 17.8 Å². The maximum Gasteiger partial charge on any atom is 0.159 e. The standard InChI is InChI=1S/C14H14N2O/c15-8-11(12-6-1-2-7-16-12)14(17)13-9-4-3-5-10(9)13/h1-2,6-7,9-11,13H,3-5H2. The first kappa shape index (κ1) is 10.5. The van der Waals surface area contributed by atoms with Gasteiger partial charge in [-0.1, -0.05) is 12.5 Å². The molecule has 17 heavy (non-hydrogen) atoms. The Bertz CT molecular complexity index is 467. The smallest absolute Gasteiger partial charge is 0.159 e. The molecule has 2 aliphatic rings. The summed E-state index contributed by atoms with van der Waals surface area (Å²) in [6.45, 7) is 0. The molecule has 0 bridgehead atoms. The number of carbonyl (C=O) groups excluding carboxylic acids is 1. The van der Waals surface area contributed by atoms with Crippen LogP contribution >= 0.6 is 0 Å². The summed E-state index contributed by atoms with van der Waals surface area (Å²) in [5.41, 5.74) is 0.602. The fourth-order valence-corrected chi connectivity index (χ4v) is 3.26. The lowest BCUT2D eigenvalue weighted by molar-refractivity contribution is -0.121. The summed E-state index contributed by atoms with van der Waals surface area (Å²) in [5.74, 6) is 0.729. The van der Waals surface area contributed by atoms with Gasteiger partial charge in [0.25, 0.3) is 0 Å². The lowest BCUT2D eigenvalue weighted by Crippen LogP contribution is -2.16. The zero-order valence-corrected chi connectivity index (χ0v) is 9.54. The molecule has 86 valence electrons. The molecule has 0 amide bonds. The average Bonchev–Trinajstić information content (AvgIpc) is 2.85. The Balaban J connectivity index is 1.79. The van der Waals surface area contributed by atoms with Gasteiger partial charge in [0.1, 0.15) is 5.92 Å². The first-order chi connectivity index (χ1) is 8.33. The largest absolute Gasteiger partial charge is 0.297 e. The number of nitriles is 1. The maximum absolute atomic E-state index is 12.3. The molecular weight excluding hydrogens is 212 g/mol. The molecule has 3 rings (SSSR count). The fraction of sp³-hybridized carbons (Fsp3) is 0.500. The van der Waals surface area contributed by atoms with Crippen LogP contribution in [0.1, 0.15) is 30.9 Å². The number of nitrogens with zero attached hydrogens (tertiary/aromatic N) is 2. The van der Waals surface area contributed by atoms with Crippen LogP contribution in [0.5, 0.6) is 0 Å². The minimum absolute atomic E-state index is 0.0981. The molecule has 0 aromatic carbocycles. The van der Waals surface area contributed by atoms with Crippen molar-refractivity contribution in [1.82, 2.24) is 4.98 Å². The number of ketones is 1. The van der Waals surface area contributed by atoms with Crippen LogP contribution in [0.3, 0.4) is 0 Å². The lowest BCUT2D eigenvalue weighted by Gasteiger charge is -2.08. The zero-order valence-electron chi connectivity index (χ0n) is 9.54. The Morgan fingerprint density at radius 1 is 1.41 bits per heavy atom. The second-order valence-corrected chi connectivity index (χ2v) is 5.00. The predicted molar refractivity (Wildman–Crippen MR) is 61.9 cm³/mol. The number of hydrogen-bond acceptors (Lipinski definition) is 3. The number of pyridine rings is 1. The van der Waals surface area contributed by atoms with Crippen molar-refractivity contribution in [2.75, 3.05) is 0 Å². The van der Waals surface area contributed by atoms with Crippen LogP contribution in [0, 0.1) is 29.1 Å². The molecule has 1 aromatic rings. The van der Waals surface area contributed by atoms with Crippen LogP contribution < -0.4 is 0 Å². The fourth-order valence-electron chi connectivity index (χ4n) is 3.26. The molecule has 0 aliphatic heterocycles. The van der Waals surface area contributed by atoms with Crippen molar-refractivity contribution in [3.05, 3.63) is 30.1 Å². The number of Topliss-reactive ketones (excluding diaryl/α,β-unsaturated/α-hetero) is 1. The molecule has 1 aromatic heterocycles. The predicted octanol–water partition coefficient (Wildman–Crippen LogP) is 2.30. The van der Waals surface area contributed by atoms with Crippen LogP contribution in [-0.4, -0.2) is 10.8 Å². The third kappa shape index (κ3) is 1.64. The summed E-state index contributed by atoms with van der Waals surface area (Å²) in [7, 11) is 0. The second-order valence-electron chi connectivity index (χ2n) is 5.00. The van der Waals surface area contributed by atoms with E-state index < -0.39 is 5.92 Å². The topological polar surface area (TPSA) is 53.8 Å². The first-order valence-electron chi connectivity index (χ1n) is 6.17. The number of rotatable bonds is 3. The number of aromatic nitrogens is 1. The molecule has 2 saturated carbocycles. The highest BCUT2D eigenvalue weighted by Crippen LogP contribution is 2.58. The quantitative estimate of drug-likeness (QED) is 0.794. The SMILES string of the molecule is N#CC(C(=O)C1C2CCCC21)c1ccccn1. The monoisotopic (exact) mass is 226 g/mol. The van der Waals surface area contributed by atoms with Crippen LogP contribution in [0.4, 0.5) is 0 Å². The van der Waals surface area contributed by atoms with Gasteiger partial charge in [0, 0.05) is 12.1 Å². The van der Waals surface area contributed by atoms with Crippen molar-refractivity contribution in [2.45, 2.75) is 25.2 Å². The van der Waals surface area contributed by atoms with E-state index in [0.29, 0.717) is 17.5 Å². The van der Waals surface area contributed by atoms with Crippen LogP contribution in [0.25, 0.3) is 0 Å². The molecule has 3 nitrogen and oxygen atoms in total. The van der Waals surface area contributed by atoms with Crippen molar-refractivity contribution >= 4 is 5.78 Å². The van der Waals surface area contributed by atoms with Gasteiger partial charge in [0.2, 0.25) is 0 Å². The van der Waals surface area contributed by atoms with E-state index in [-0.39, 0.29) is 11.7 Å². The van der Waals surface area contributed by atoms with Crippen molar-refractivity contribution in [1.29, 1.82) is 5.26 Å². The minimum Gasteiger partial charge on any atom is -0.297 e. The second kappa shape index (κ2) is 3.96. The van der Waals surface area contributed by atoms with Crippen molar-refractivity contribution in [3.63, 3.8) is 0 Å². The van der Waals surface area contributed by atoms with Gasteiger partial charge >= 0.3 is 0 Å². The highest BCUT2D eigenvalue weighted by molar-refractivity contribution is 5.92. The number of fused-ring (bicyclic) bond motifs is 1. The third-order valence-electron chi connectivity index (χ3n) is 4.13. The molecule has 0 saturated heterocycles. The zero-order chi connectivity index (χ0) is 11.8. The van der Waals surface area contributed by atoms with E-state index in [0.717, 1.165) is 0 Å². The third-order valence-corrected chi connectivity index (χ3v) is 4.13. The summed E-state index contributed by atoms with van der Waals surface area (Å²) in [6.07, 6.45) is 5.23. The molecule has 0 radical (unpaired) electrons. The number of carbonyl (C=O) groups is 1. The van der Waals surface area contributed by atoms with Gasteiger partial charge in [0.15, 0.2) is 5.78 Å². The Kier molecular flexibility index (Phi) is 2.44. The van der Waals surface area contributed by atoms with Gasteiger partial charge < -0.3 is 0 Å². The van der Waals surface area contributed by atoms with E-state index >= 15 is 0 Å². The van der Waals surface area contributed by atoms with Gasteiger partial charge in [-0.15, -0.1) is 0 Å². The highest BCUT2D eigenvalue weighted by Gasteiger charge is 2.57. The minimum atomic E-state index is -0.660. The summed E-state index contributed by atoms with van der Waals surface area (Å²) < 4.78 is 0. The van der Waals surface area contributed by atoms with Crippen LogP contribution in [-0.2, 0) is 4.79 Å². The maximum atomic E-state index is 12.3. The van der Waals surface area contributed by atoms with Gasteiger partial charge in [-0.3, -0.25) is 9.78 Å². The van der Waals surface area contributed by atoms with Gasteiger partial charge in [-0.25, -0.2) is 0 Å². The molecule has 3 atom stereocenters. The van der Waals surface area contributed by atoms with Crippen LogP contribution in [0.2, 0.25) is 0 Å². The summed E-state index contributed by atoms with van der Waals surface area (Å²) in [4.78, 5) is 16.4. The van der Waals surface area contributed by atoms with Gasteiger partial charge in [0.05, 0.1) is 11.8 Å². The molecule has 3 heteroatoms. The average molecular weight is 226 g/mol. The Morgan fingerprint density at radius 2 is 2.18 bits per heavy atom. The Morgan fingerprint density at radius 3 is 2.76 bits per heavy atom. The molecule has 2 aliphatic carbocycles. The van der Waals surface area contributed by atoms with E-state index in [1.807, 2.05) is 6.07 Å². The molecule has 2 fully saturated rings. The van der Waals surface area contributed by atoms with E-state index in [4.69, 9.17) is 0 Å². The molecule has 1 heterocycles. The van der Waals surface area contributed by atoms with Gasteiger partial charge in [-0.2, -0.15) is 5.26 Å². The molecular formula is C14H14N2O. The van der Waals surface area contributed by atoms with E-state index in [1.165, 1.54) is 19.3 Å². The normalized spacial score (nSPS) is 31.4. The van der Waals surface area contributed by atoms with Gasteiger partial charge in [-0.05, 0) is 36.8 Å². The van der Waals surface area contributed by atoms with Crippen LogP contribution in [0.15, 0.2) is 24.4 Å². The molecule has 0 spiro atoms. The highest BCUT2D eigenvalue weighted by atomic mass is 16.1. The molecule has 3 unspecified atom stereocenters. The van der Waals surface area contributed by atoms with Crippen molar-refractivity contribution in [3.8, 4) is 6.07 Å². The molecule has 0 N–H and O–H groups in total. The lowest BCUT2D eigenvalue weighted by atomic mass is 9.94. The Hall–Kier alpha value is -1.69. The van der Waals surface area contributed by atoms with E-state index in [9.17, 15) is 10.1 Å². The first-order valence-corrected chi connectivity index (χ1v) is 6.17. The van der Waals surface area contributed by atoms with Crippen molar-refractivity contribution < 1.29 is 4.79 Å². The Labute approximate surface area is 100 Å². The summed E-state index contributed by atoms with van der Waals surface area (Å²) in [6, 6.07) is 7.51.